The van der Waals surface area contributed by atoms with Crippen LogP contribution < -0.4 is 0 Å². The van der Waals surface area contributed by atoms with Crippen LogP contribution in [-0.2, 0) is 24.0 Å². The topological polar surface area (TPSA) is 186 Å². The van der Waals surface area contributed by atoms with E-state index in [4.69, 9.17) is 25.5 Å². The predicted octanol–water partition coefficient (Wildman–Crippen LogP) is 4.46. The van der Waals surface area contributed by atoms with Crippen molar-refractivity contribution in [2.75, 3.05) is 0 Å². The Labute approximate surface area is 190 Å². The first-order valence-electron chi connectivity index (χ1n) is 10.7. The van der Waals surface area contributed by atoms with Crippen molar-refractivity contribution in [1.82, 2.24) is 0 Å². The third kappa shape index (κ3) is 50.7. The van der Waals surface area contributed by atoms with E-state index in [1.807, 2.05) is 27.7 Å². The smallest absolute Gasteiger partial charge is 0.306 e. The minimum absolute atomic E-state index is 0.0185. The number of rotatable bonds is 9. The highest BCUT2D eigenvalue weighted by Crippen LogP contribution is 2.28. The first kappa shape index (κ1) is 36.7. The van der Waals surface area contributed by atoms with Crippen LogP contribution in [0.3, 0.4) is 0 Å². The highest BCUT2D eigenvalue weighted by atomic mass is 16.4. The van der Waals surface area contributed by atoms with Crippen LogP contribution in [0.4, 0.5) is 0 Å². The fourth-order valence-electron chi connectivity index (χ4n) is 1.22. The van der Waals surface area contributed by atoms with Gasteiger partial charge in [-0.2, -0.15) is 0 Å². The molecule has 1 aliphatic rings. The van der Waals surface area contributed by atoms with E-state index < -0.39 is 29.8 Å². The molecule has 0 aromatic carbocycles. The molecule has 0 saturated heterocycles. The quantitative estimate of drug-likeness (QED) is 0.324. The summed E-state index contributed by atoms with van der Waals surface area (Å²) in [5.41, 5.74) is 0. The third-order valence-corrected chi connectivity index (χ3v) is 3.21. The molecule has 0 amide bonds. The van der Waals surface area contributed by atoms with Gasteiger partial charge in [0.1, 0.15) is 0 Å². The highest BCUT2D eigenvalue weighted by molar-refractivity contribution is 5.72. The van der Waals surface area contributed by atoms with Gasteiger partial charge in [0.2, 0.25) is 0 Å². The SMILES string of the molecule is CC(C)C(=O)O.CC(C)CC(=O)O.CCCC(=O)O.CCCCC(=O)O.O=C(O)C1CC1. The van der Waals surface area contributed by atoms with Gasteiger partial charge in [-0.1, -0.05) is 48.0 Å². The summed E-state index contributed by atoms with van der Waals surface area (Å²) < 4.78 is 0. The molecule has 0 radical (unpaired) electrons. The lowest BCUT2D eigenvalue weighted by Gasteiger charge is -1.94. The van der Waals surface area contributed by atoms with Crippen LogP contribution in [0, 0.1) is 17.8 Å². The van der Waals surface area contributed by atoms with Crippen molar-refractivity contribution in [1.29, 1.82) is 0 Å². The summed E-state index contributed by atoms with van der Waals surface area (Å²) in [5.74, 6) is -3.42. The van der Waals surface area contributed by atoms with Gasteiger partial charge in [-0.25, -0.2) is 0 Å². The van der Waals surface area contributed by atoms with Crippen LogP contribution in [0.5, 0.6) is 0 Å². The summed E-state index contributed by atoms with van der Waals surface area (Å²) in [7, 11) is 0. The van der Waals surface area contributed by atoms with E-state index in [-0.39, 0.29) is 24.2 Å². The maximum absolute atomic E-state index is 9.81. The molecule has 0 heterocycles. The van der Waals surface area contributed by atoms with Crippen LogP contribution in [0.25, 0.3) is 0 Å². The number of hydrogen-bond acceptors (Lipinski definition) is 5. The predicted molar refractivity (Wildman–Crippen MR) is 120 cm³/mol. The molecule has 0 atom stereocenters. The summed E-state index contributed by atoms with van der Waals surface area (Å²) in [5, 5.41) is 40.1. The molecule has 10 heteroatoms. The van der Waals surface area contributed by atoms with Gasteiger partial charge < -0.3 is 25.5 Å². The summed E-state index contributed by atoms with van der Waals surface area (Å²) in [6.45, 7) is 10.9. The summed E-state index contributed by atoms with van der Waals surface area (Å²) in [6, 6.07) is 0. The van der Waals surface area contributed by atoms with Crippen molar-refractivity contribution in [3.63, 3.8) is 0 Å². The standard InChI is InChI=1S/2C5H10O2.C4H6O2.2C4H8O2/c1-4(2)3-5(6)7;1-2-3-4-5(6)7;5-4(6)3-1-2-3;1-3(2)4(5)6;1-2-3-4(5)6/h4H,3H2,1-2H3,(H,6,7);2-4H2,1H3,(H,6,7);3H,1-2H2,(H,5,6);3H,1-2H3,(H,5,6);2-3H2,1H3,(H,5,6). The second-order valence-corrected chi connectivity index (χ2v) is 7.74. The first-order valence-corrected chi connectivity index (χ1v) is 10.7. The molecule has 0 spiro atoms. The normalized spacial score (nSPS) is 11.1. The van der Waals surface area contributed by atoms with Gasteiger partial charge in [-0.05, 0) is 31.6 Å². The van der Waals surface area contributed by atoms with E-state index >= 15 is 0 Å². The van der Waals surface area contributed by atoms with Gasteiger partial charge >= 0.3 is 29.8 Å². The number of carboxylic acid groups (broad SMARTS) is 5. The van der Waals surface area contributed by atoms with Crippen molar-refractivity contribution in [3.8, 4) is 0 Å². The average molecular weight is 467 g/mol. The van der Waals surface area contributed by atoms with E-state index in [9.17, 15) is 24.0 Å². The number of carboxylic acids is 5. The summed E-state index contributed by atoms with van der Waals surface area (Å²) in [6.07, 6.45) is 5.18. The Balaban J connectivity index is -0.000000153. The van der Waals surface area contributed by atoms with E-state index in [1.165, 1.54) is 0 Å². The molecule has 0 aliphatic heterocycles. The van der Waals surface area contributed by atoms with Crippen molar-refractivity contribution < 1.29 is 49.5 Å². The van der Waals surface area contributed by atoms with Crippen molar-refractivity contribution in [2.45, 2.75) is 92.9 Å². The Kier molecular flexibility index (Phi) is 28.2. The van der Waals surface area contributed by atoms with E-state index in [1.54, 1.807) is 13.8 Å². The van der Waals surface area contributed by atoms with E-state index in [2.05, 4.69) is 0 Å². The Morgan fingerprint density at radius 1 is 0.719 bits per heavy atom. The molecule has 0 bridgehead atoms. The van der Waals surface area contributed by atoms with Crippen molar-refractivity contribution in [2.24, 2.45) is 17.8 Å². The van der Waals surface area contributed by atoms with Gasteiger partial charge in [0.15, 0.2) is 0 Å². The third-order valence-electron chi connectivity index (χ3n) is 3.21. The molecule has 1 rings (SSSR count). The van der Waals surface area contributed by atoms with Gasteiger partial charge in [0.05, 0.1) is 11.8 Å². The molecule has 1 fully saturated rings. The van der Waals surface area contributed by atoms with Crippen LogP contribution in [0.1, 0.15) is 92.9 Å². The van der Waals surface area contributed by atoms with Crippen molar-refractivity contribution >= 4 is 29.8 Å². The van der Waals surface area contributed by atoms with Crippen LogP contribution >= 0.6 is 0 Å². The Morgan fingerprint density at radius 2 is 1.12 bits per heavy atom. The minimum atomic E-state index is -0.741. The first-order chi connectivity index (χ1) is 14.6. The second kappa shape index (κ2) is 24.6. The lowest BCUT2D eigenvalue weighted by atomic mass is 10.1. The molecule has 1 saturated carbocycles. The van der Waals surface area contributed by atoms with E-state index in [0.717, 1.165) is 32.1 Å². The number of hydrogen-bond donors (Lipinski definition) is 5. The monoisotopic (exact) mass is 466 g/mol. The fourth-order valence-corrected chi connectivity index (χ4v) is 1.22. The van der Waals surface area contributed by atoms with E-state index in [0.29, 0.717) is 12.8 Å². The molecular formula is C22H42O10. The van der Waals surface area contributed by atoms with Gasteiger partial charge in [-0.15, -0.1) is 0 Å². The molecule has 0 aromatic rings. The van der Waals surface area contributed by atoms with Gasteiger partial charge in [-0.3, -0.25) is 24.0 Å². The summed E-state index contributed by atoms with van der Waals surface area (Å²) in [4.78, 5) is 48.6. The van der Waals surface area contributed by atoms with Crippen LogP contribution in [-0.4, -0.2) is 55.4 Å². The molecule has 32 heavy (non-hydrogen) atoms. The maximum atomic E-state index is 9.81. The Morgan fingerprint density at radius 3 is 1.16 bits per heavy atom. The molecule has 0 unspecified atom stereocenters. The molecular weight excluding hydrogens is 424 g/mol. The Hall–Kier alpha value is -2.65. The zero-order valence-corrected chi connectivity index (χ0v) is 20.2. The zero-order valence-electron chi connectivity index (χ0n) is 20.2. The average Bonchev–Trinajstić information content (AvgIpc) is 3.46. The second-order valence-electron chi connectivity index (χ2n) is 7.74. The van der Waals surface area contributed by atoms with Crippen molar-refractivity contribution in [3.05, 3.63) is 0 Å². The summed E-state index contributed by atoms with van der Waals surface area (Å²) >= 11 is 0. The fraction of sp³-hybridized carbons (Fsp3) is 0.773. The van der Waals surface area contributed by atoms with Gasteiger partial charge in [0, 0.05) is 19.3 Å². The maximum Gasteiger partial charge on any atom is 0.306 e. The Bertz CT molecular complexity index is 511. The molecule has 0 aromatic heterocycles. The molecule has 5 N–H and O–H groups in total. The largest absolute Gasteiger partial charge is 0.481 e. The number of carbonyl (C=O) groups is 5. The molecule has 190 valence electrons. The van der Waals surface area contributed by atoms with Crippen LogP contribution in [0.15, 0.2) is 0 Å². The molecule has 10 nitrogen and oxygen atoms in total. The minimum Gasteiger partial charge on any atom is -0.481 e. The zero-order chi connectivity index (χ0) is 26.3. The number of aliphatic carboxylic acids is 5. The lowest BCUT2D eigenvalue weighted by Crippen LogP contribution is -2.03. The number of unbranched alkanes of at least 4 members (excludes halogenated alkanes) is 1. The van der Waals surface area contributed by atoms with Crippen LogP contribution in [0.2, 0.25) is 0 Å². The lowest BCUT2D eigenvalue weighted by molar-refractivity contribution is -0.141. The molecule has 1 aliphatic carbocycles. The highest BCUT2D eigenvalue weighted by Gasteiger charge is 2.28. The van der Waals surface area contributed by atoms with Gasteiger partial charge in [0.25, 0.3) is 0 Å².